The lowest BCUT2D eigenvalue weighted by atomic mass is 10.1. The molecular formula is C25H28F3N7O3. The molecule has 2 heterocycles. The first-order valence-corrected chi connectivity index (χ1v) is 11.9. The number of aromatic nitrogens is 4. The van der Waals surface area contributed by atoms with Crippen LogP contribution in [0.4, 0.5) is 19.1 Å². The van der Waals surface area contributed by atoms with E-state index in [4.69, 9.17) is 0 Å². The van der Waals surface area contributed by atoms with Crippen molar-refractivity contribution in [2.24, 2.45) is 0 Å². The fourth-order valence-electron chi connectivity index (χ4n) is 3.79. The van der Waals surface area contributed by atoms with E-state index in [0.717, 1.165) is 18.9 Å². The Hall–Kier alpha value is -4.16. The van der Waals surface area contributed by atoms with Gasteiger partial charge in [-0.1, -0.05) is 0 Å². The molecule has 0 radical (unpaired) electrons. The molecule has 1 N–H and O–H groups in total. The largest absolute Gasteiger partial charge is 0.573 e. The Balaban J connectivity index is 1.62. The highest BCUT2D eigenvalue weighted by molar-refractivity contribution is 5.95. The number of alkyl halides is 3. The first-order valence-electron chi connectivity index (χ1n) is 11.9. The van der Waals surface area contributed by atoms with Crippen LogP contribution < -0.4 is 15.0 Å². The van der Waals surface area contributed by atoms with Crippen molar-refractivity contribution >= 4 is 17.8 Å². The third-order valence-electron chi connectivity index (χ3n) is 5.85. The van der Waals surface area contributed by atoms with Gasteiger partial charge in [0.25, 0.3) is 11.8 Å². The van der Waals surface area contributed by atoms with Gasteiger partial charge in [0.1, 0.15) is 5.75 Å². The smallest absolute Gasteiger partial charge is 0.406 e. The zero-order valence-corrected chi connectivity index (χ0v) is 21.6. The van der Waals surface area contributed by atoms with Gasteiger partial charge in [-0.05, 0) is 61.6 Å². The fourth-order valence-corrected chi connectivity index (χ4v) is 3.79. The van der Waals surface area contributed by atoms with Crippen molar-refractivity contribution < 1.29 is 27.5 Å². The molecule has 1 aliphatic carbocycles. The second-order valence-electron chi connectivity index (χ2n) is 9.49. The van der Waals surface area contributed by atoms with Crippen LogP contribution in [0.2, 0.25) is 0 Å². The van der Waals surface area contributed by atoms with Crippen molar-refractivity contribution in [2.45, 2.75) is 38.1 Å². The van der Waals surface area contributed by atoms with Crippen LogP contribution in [0.15, 0.2) is 36.5 Å². The second-order valence-corrected chi connectivity index (χ2v) is 9.49. The summed E-state index contributed by atoms with van der Waals surface area (Å²) in [5, 5.41) is 7.26. The minimum absolute atomic E-state index is 0.0454. The molecule has 13 heteroatoms. The van der Waals surface area contributed by atoms with Gasteiger partial charge >= 0.3 is 6.36 Å². The van der Waals surface area contributed by atoms with Crippen molar-refractivity contribution in [2.75, 3.05) is 33.1 Å². The van der Waals surface area contributed by atoms with Crippen LogP contribution in [0.1, 0.15) is 63.8 Å². The number of nitrogens with one attached hydrogen (secondary N) is 1. The van der Waals surface area contributed by atoms with Gasteiger partial charge in [-0.2, -0.15) is 9.67 Å². The van der Waals surface area contributed by atoms with Gasteiger partial charge in [-0.25, -0.2) is 4.98 Å². The number of pyridine rings is 1. The van der Waals surface area contributed by atoms with Crippen LogP contribution >= 0.6 is 0 Å². The first-order chi connectivity index (χ1) is 17.8. The van der Waals surface area contributed by atoms with Crippen molar-refractivity contribution in [3.8, 4) is 11.6 Å². The SMILES string of the molecule is C[C@H](NC(=O)c1cc(OC(F)(F)F)cc(C2CC2)c1)c1nc(N(C)C)nn1-c1ccc(C(=O)N(C)C)cn1. The molecule has 1 aromatic carbocycles. The summed E-state index contributed by atoms with van der Waals surface area (Å²) in [6, 6.07) is 6.50. The van der Waals surface area contributed by atoms with E-state index in [1.807, 2.05) is 0 Å². The Labute approximate surface area is 217 Å². The van der Waals surface area contributed by atoms with Crippen LogP contribution in [0, 0.1) is 0 Å². The number of carbonyl (C=O) groups is 2. The molecule has 1 aliphatic rings. The maximum absolute atomic E-state index is 13.1. The molecule has 2 amide bonds. The highest BCUT2D eigenvalue weighted by Crippen LogP contribution is 2.42. The minimum Gasteiger partial charge on any atom is -0.406 e. The number of halogens is 3. The molecule has 0 bridgehead atoms. The maximum Gasteiger partial charge on any atom is 0.573 e. The molecule has 2 aromatic heterocycles. The van der Waals surface area contributed by atoms with E-state index in [2.05, 4.69) is 25.1 Å². The van der Waals surface area contributed by atoms with Crippen molar-refractivity contribution in [1.82, 2.24) is 30.0 Å². The van der Waals surface area contributed by atoms with Gasteiger partial charge in [0.2, 0.25) is 5.95 Å². The molecule has 0 spiro atoms. The number of benzene rings is 1. The van der Waals surface area contributed by atoms with Crippen LogP contribution in [0.3, 0.4) is 0 Å². The van der Waals surface area contributed by atoms with Gasteiger partial charge in [-0.15, -0.1) is 18.3 Å². The van der Waals surface area contributed by atoms with Crippen LogP contribution in [0.5, 0.6) is 5.75 Å². The van der Waals surface area contributed by atoms with E-state index in [0.29, 0.717) is 28.7 Å². The Morgan fingerprint density at radius 1 is 1.11 bits per heavy atom. The molecule has 0 aliphatic heterocycles. The molecule has 1 saturated carbocycles. The first kappa shape index (κ1) is 26.9. The standard InChI is InChI=1S/C25H28F3N7O3/c1-14(30-22(36)18-10-17(15-6-7-15)11-19(12-18)38-25(26,27)28)21-31-24(34(4)5)32-35(21)20-9-8-16(13-29-20)23(37)33(2)3/h8-15H,6-7H2,1-5H3,(H,30,36)/t14-/m0/s1. The summed E-state index contributed by atoms with van der Waals surface area (Å²) in [5.74, 6) is -0.0650. The molecule has 202 valence electrons. The lowest BCUT2D eigenvalue weighted by molar-refractivity contribution is -0.274. The number of carbonyl (C=O) groups excluding carboxylic acids is 2. The second kappa shape index (κ2) is 10.3. The summed E-state index contributed by atoms with van der Waals surface area (Å²) in [6.07, 6.45) is -1.76. The average molecular weight is 532 g/mol. The summed E-state index contributed by atoms with van der Waals surface area (Å²) in [6.45, 7) is 1.68. The zero-order chi connectivity index (χ0) is 27.8. The number of anilines is 1. The number of rotatable bonds is 8. The van der Waals surface area contributed by atoms with Gasteiger partial charge in [-0.3, -0.25) is 9.59 Å². The lowest BCUT2D eigenvalue weighted by Gasteiger charge is -2.16. The number of nitrogens with zero attached hydrogens (tertiary/aromatic N) is 6. The summed E-state index contributed by atoms with van der Waals surface area (Å²) < 4.78 is 44.1. The number of ether oxygens (including phenoxy) is 1. The van der Waals surface area contributed by atoms with Gasteiger partial charge < -0.3 is 19.9 Å². The Bertz CT molecular complexity index is 1330. The van der Waals surface area contributed by atoms with Gasteiger partial charge in [0.15, 0.2) is 11.6 Å². The predicted octanol–water partition coefficient (Wildman–Crippen LogP) is 3.70. The van der Waals surface area contributed by atoms with Crippen molar-refractivity contribution in [1.29, 1.82) is 0 Å². The van der Waals surface area contributed by atoms with Crippen molar-refractivity contribution in [3.05, 3.63) is 59.0 Å². The molecular weight excluding hydrogens is 503 g/mol. The van der Waals surface area contributed by atoms with Crippen LogP contribution in [0.25, 0.3) is 5.82 Å². The van der Waals surface area contributed by atoms with E-state index in [1.54, 1.807) is 58.2 Å². The number of amides is 2. The molecule has 38 heavy (non-hydrogen) atoms. The zero-order valence-electron chi connectivity index (χ0n) is 21.6. The van der Waals surface area contributed by atoms with Crippen LogP contribution in [-0.4, -0.2) is 71.0 Å². The fraction of sp³-hybridized carbons (Fsp3) is 0.400. The molecule has 4 rings (SSSR count). The third-order valence-corrected chi connectivity index (χ3v) is 5.85. The monoisotopic (exact) mass is 531 g/mol. The Kier molecular flexibility index (Phi) is 7.29. The molecule has 0 unspecified atom stereocenters. The molecule has 3 aromatic rings. The van der Waals surface area contributed by atoms with Gasteiger partial charge in [0, 0.05) is 40.0 Å². The maximum atomic E-state index is 13.1. The number of hydrogen-bond donors (Lipinski definition) is 1. The quantitative estimate of drug-likeness (QED) is 0.473. The topological polar surface area (TPSA) is 105 Å². The Morgan fingerprint density at radius 2 is 1.82 bits per heavy atom. The summed E-state index contributed by atoms with van der Waals surface area (Å²) in [5.41, 5.74) is 1.06. The Morgan fingerprint density at radius 3 is 2.37 bits per heavy atom. The molecule has 1 fully saturated rings. The lowest BCUT2D eigenvalue weighted by Crippen LogP contribution is -2.29. The average Bonchev–Trinajstić information content (AvgIpc) is 3.59. The minimum atomic E-state index is -4.87. The highest BCUT2D eigenvalue weighted by atomic mass is 19.4. The number of hydrogen-bond acceptors (Lipinski definition) is 7. The van der Waals surface area contributed by atoms with Crippen molar-refractivity contribution in [3.63, 3.8) is 0 Å². The van der Waals surface area contributed by atoms with E-state index in [-0.39, 0.29) is 17.4 Å². The van der Waals surface area contributed by atoms with E-state index in [9.17, 15) is 22.8 Å². The molecule has 0 saturated heterocycles. The third kappa shape index (κ3) is 6.21. The van der Waals surface area contributed by atoms with E-state index < -0.39 is 24.1 Å². The molecule has 1 atom stereocenters. The summed E-state index contributed by atoms with van der Waals surface area (Å²) >= 11 is 0. The highest BCUT2D eigenvalue weighted by Gasteiger charge is 2.33. The van der Waals surface area contributed by atoms with Gasteiger partial charge in [0.05, 0.1) is 11.6 Å². The molecule has 10 nitrogen and oxygen atoms in total. The van der Waals surface area contributed by atoms with E-state index in [1.165, 1.54) is 21.8 Å². The van der Waals surface area contributed by atoms with E-state index >= 15 is 0 Å². The predicted molar refractivity (Wildman–Crippen MR) is 132 cm³/mol. The van der Waals surface area contributed by atoms with Crippen LogP contribution in [-0.2, 0) is 0 Å². The normalized spacial score (nSPS) is 14.1. The summed E-state index contributed by atoms with van der Waals surface area (Å²) in [7, 11) is 6.78. The summed E-state index contributed by atoms with van der Waals surface area (Å²) in [4.78, 5) is 37.3.